The highest BCUT2D eigenvalue weighted by Gasteiger charge is 2.19. The van der Waals surface area contributed by atoms with Crippen LogP contribution in [0.2, 0.25) is 0 Å². The van der Waals surface area contributed by atoms with Gasteiger partial charge in [0, 0.05) is 61.6 Å². The van der Waals surface area contributed by atoms with Gasteiger partial charge >= 0.3 is 0 Å². The number of anilines is 1. The Bertz CT molecular complexity index is 1390. The third-order valence-corrected chi connectivity index (χ3v) is 7.07. The molecule has 8 heteroatoms. The second-order valence-corrected chi connectivity index (χ2v) is 9.28. The van der Waals surface area contributed by atoms with Crippen LogP contribution in [0.25, 0.3) is 21.3 Å². The van der Waals surface area contributed by atoms with Gasteiger partial charge < -0.3 is 18.8 Å². The van der Waals surface area contributed by atoms with Crippen molar-refractivity contribution in [2.24, 2.45) is 0 Å². The van der Waals surface area contributed by atoms with Gasteiger partial charge in [0.15, 0.2) is 5.65 Å². The van der Waals surface area contributed by atoms with E-state index < -0.39 is 0 Å². The Labute approximate surface area is 201 Å². The molecule has 1 saturated heterocycles. The van der Waals surface area contributed by atoms with E-state index in [1.54, 1.807) is 13.3 Å². The molecule has 0 aliphatic carbocycles. The highest BCUT2D eigenvalue weighted by atomic mass is 32.1. The van der Waals surface area contributed by atoms with E-state index in [4.69, 9.17) is 13.9 Å². The van der Waals surface area contributed by atoms with Crippen molar-refractivity contribution in [3.63, 3.8) is 0 Å². The fourth-order valence-corrected chi connectivity index (χ4v) is 5.14. The van der Waals surface area contributed by atoms with Crippen LogP contribution in [0.15, 0.2) is 71.5 Å². The Kier molecular flexibility index (Phi) is 5.52. The molecule has 6 rings (SSSR count). The summed E-state index contributed by atoms with van der Waals surface area (Å²) in [6.07, 6.45) is 3.60. The number of rotatable bonds is 6. The molecule has 1 fully saturated rings. The summed E-state index contributed by atoms with van der Waals surface area (Å²) < 4.78 is 18.1. The smallest absolute Gasteiger partial charge is 0.281 e. The van der Waals surface area contributed by atoms with Gasteiger partial charge in [0.25, 0.3) is 5.19 Å². The summed E-state index contributed by atoms with van der Waals surface area (Å²) in [5.74, 6) is 1.60. The number of furan rings is 1. The summed E-state index contributed by atoms with van der Waals surface area (Å²) in [6, 6.07) is 18.2. The van der Waals surface area contributed by atoms with E-state index in [1.807, 2.05) is 42.7 Å². The summed E-state index contributed by atoms with van der Waals surface area (Å²) in [5.41, 5.74) is 3.97. The molecule has 7 nitrogen and oxygen atoms in total. The standard InChI is InChI=1S/C26H24N4O3S/c1-31-20-6-4-19(5-7-20)30-13-11-29(12-14-30)16-18-17-32-23-15-21(8-9-22(18)23)33-26-28-25-24(34-26)3-2-10-27-25/h2-10,15,17H,11-14,16H2,1H3. The van der Waals surface area contributed by atoms with Gasteiger partial charge in [-0.25, -0.2) is 4.98 Å². The molecule has 1 aliphatic rings. The van der Waals surface area contributed by atoms with Crippen LogP contribution in [-0.2, 0) is 6.54 Å². The molecule has 0 N–H and O–H groups in total. The maximum absolute atomic E-state index is 5.98. The Morgan fingerprint density at radius 3 is 2.62 bits per heavy atom. The van der Waals surface area contributed by atoms with E-state index >= 15 is 0 Å². The number of ether oxygens (including phenoxy) is 2. The molecule has 34 heavy (non-hydrogen) atoms. The Balaban J connectivity index is 1.10. The summed E-state index contributed by atoms with van der Waals surface area (Å²) >= 11 is 1.48. The van der Waals surface area contributed by atoms with E-state index in [9.17, 15) is 0 Å². The molecule has 0 radical (unpaired) electrons. The highest BCUT2D eigenvalue weighted by Crippen LogP contribution is 2.33. The monoisotopic (exact) mass is 472 g/mol. The van der Waals surface area contributed by atoms with Crippen LogP contribution in [0.1, 0.15) is 5.56 Å². The minimum absolute atomic E-state index is 0.578. The molecule has 1 aliphatic heterocycles. The van der Waals surface area contributed by atoms with Crippen molar-refractivity contribution < 1.29 is 13.9 Å². The van der Waals surface area contributed by atoms with E-state index in [0.29, 0.717) is 16.6 Å². The average molecular weight is 473 g/mol. The number of pyridine rings is 1. The van der Waals surface area contributed by atoms with Crippen LogP contribution in [0.3, 0.4) is 0 Å². The first-order valence-electron chi connectivity index (χ1n) is 11.3. The third kappa shape index (κ3) is 4.18. The van der Waals surface area contributed by atoms with Gasteiger partial charge in [-0.15, -0.1) is 0 Å². The number of piperazine rings is 1. The fourth-order valence-electron chi connectivity index (χ4n) is 4.34. The Morgan fingerprint density at radius 1 is 1.00 bits per heavy atom. The van der Waals surface area contributed by atoms with E-state index in [2.05, 4.69) is 38.0 Å². The zero-order valence-electron chi connectivity index (χ0n) is 18.8. The minimum atomic E-state index is 0.578. The minimum Gasteiger partial charge on any atom is -0.497 e. The molecule has 4 heterocycles. The zero-order valence-corrected chi connectivity index (χ0v) is 19.6. The summed E-state index contributed by atoms with van der Waals surface area (Å²) in [5, 5.41) is 1.70. The van der Waals surface area contributed by atoms with Crippen molar-refractivity contribution in [2.45, 2.75) is 6.54 Å². The second kappa shape index (κ2) is 8.96. The molecule has 3 aromatic heterocycles. The summed E-state index contributed by atoms with van der Waals surface area (Å²) in [6.45, 7) is 4.87. The van der Waals surface area contributed by atoms with E-state index in [0.717, 1.165) is 54.1 Å². The van der Waals surface area contributed by atoms with Crippen LogP contribution < -0.4 is 14.4 Å². The number of aromatic nitrogens is 2. The van der Waals surface area contributed by atoms with Gasteiger partial charge in [-0.05, 0) is 48.5 Å². The number of nitrogens with zero attached hydrogens (tertiary/aromatic N) is 4. The Hall–Kier alpha value is -3.62. The van der Waals surface area contributed by atoms with Crippen LogP contribution in [0.4, 0.5) is 5.69 Å². The number of benzene rings is 2. The van der Waals surface area contributed by atoms with Crippen molar-refractivity contribution in [1.29, 1.82) is 0 Å². The molecule has 0 saturated carbocycles. The fraction of sp³-hybridized carbons (Fsp3) is 0.231. The van der Waals surface area contributed by atoms with Crippen molar-refractivity contribution in [3.8, 4) is 16.7 Å². The van der Waals surface area contributed by atoms with Gasteiger partial charge in [0.05, 0.1) is 18.1 Å². The second-order valence-electron chi connectivity index (χ2n) is 8.29. The zero-order chi connectivity index (χ0) is 22.9. The van der Waals surface area contributed by atoms with Gasteiger partial charge in [0.2, 0.25) is 0 Å². The van der Waals surface area contributed by atoms with Crippen LogP contribution in [0.5, 0.6) is 16.7 Å². The average Bonchev–Trinajstić information content (AvgIpc) is 3.48. The van der Waals surface area contributed by atoms with Crippen molar-refractivity contribution >= 4 is 38.3 Å². The van der Waals surface area contributed by atoms with Gasteiger partial charge in [-0.2, -0.15) is 4.98 Å². The van der Waals surface area contributed by atoms with Crippen molar-refractivity contribution in [3.05, 3.63) is 72.6 Å². The molecule has 0 amide bonds. The first-order chi connectivity index (χ1) is 16.7. The van der Waals surface area contributed by atoms with Gasteiger partial charge in [0.1, 0.15) is 17.1 Å². The quantitative estimate of drug-likeness (QED) is 0.321. The predicted octanol–water partition coefficient (Wildman–Crippen LogP) is 5.56. The maximum atomic E-state index is 5.98. The first kappa shape index (κ1) is 20.9. The first-order valence-corrected chi connectivity index (χ1v) is 12.1. The maximum Gasteiger partial charge on any atom is 0.281 e. The lowest BCUT2D eigenvalue weighted by Crippen LogP contribution is -2.45. The normalized spacial score (nSPS) is 14.7. The van der Waals surface area contributed by atoms with Crippen LogP contribution >= 0.6 is 11.3 Å². The molecule has 5 aromatic rings. The highest BCUT2D eigenvalue weighted by molar-refractivity contribution is 7.20. The molecule has 0 atom stereocenters. The molecule has 2 aromatic carbocycles. The lowest BCUT2D eigenvalue weighted by atomic mass is 10.1. The molecule has 0 bridgehead atoms. The molecular weight excluding hydrogens is 448 g/mol. The molecular formula is C26H24N4O3S. The molecule has 0 unspecified atom stereocenters. The summed E-state index contributed by atoms with van der Waals surface area (Å²) in [4.78, 5) is 13.6. The van der Waals surface area contributed by atoms with Gasteiger partial charge in [-0.3, -0.25) is 4.90 Å². The number of hydrogen-bond acceptors (Lipinski definition) is 8. The lowest BCUT2D eigenvalue weighted by molar-refractivity contribution is 0.250. The summed E-state index contributed by atoms with van der Waals surface area (Å²) in [7, 11) is 1.70. The number of thiazole rings is 1. The lowest BCUT2D eigenvalue weighted by Gasteiger charge is -2.36. The van der Waals surface area contributed by atoms with Crippen LogP contribution in [0, 0.1) is 0 Å². The molecule has 0 spiro atoms. The number of hydrogen-bond donors (Lipinski definition) is 0. The van der Waals surface area contributed by atoms with E-state index in [-0.39, 0.29) is 0 Å². The van der Waals surface area contributed by atoms with Crippen molar-refractivity contribution in [2.75, 3.05) is 38.2 Å². The predicted molar refractivity (Wildman–Crippen MR) is 134 cm³/mol. The van der Waals surface area contributed by atoms with Gasteiger partial charge in [-0.1, -0.05) is 11.3 Å². The van der Waals surface area contributed by atoms with Crippen molar-refractivity contribution in [1.82, 2.24) is 14.9 Å². The number of methoxy groups -OCH3 is 1. The topological polar surface area (TPSA) is 63.9 Å². The Morgan fingerprint density at radius 2 is 1.82 bits per heavy atom. The molecule has 172 valence electrons. The third-order valence-electron chi connectivity index (χ3n) is 6.18. The largest absolute Gasteiger partial charge is 0.497 e. The SMILES string of the molecule is COc1ccc(N2CCN(Cc3coc4cc(Oc5nc6ncccc6s5)ccc34)CC2)cc1. The van der Waals surface area contributed by atoms with Crippen LogP contribution in [-0.4, -0.2) is 48.2 Å². The number of fused-ring (bicyclic) bond motifs is 2. The van der Waals surface area contributed by atoms with E-state index in [1.165, 1.54) is 22.6 Å².